The van der Waals surface area contributed by atoms with E-state index >= 15 is 0 Å². The van der Waals surface area contributed by atoms with E-state index in [1.807, 2.05) is 51.1 Å². The van der Waals surface area contributed by atoms with Crippen LogP contribution >= 0.6 is 0 Å². The van der Waals surface area contributed by atoms with Gasteiger partial charge < -0.3 is 14.6 Å². The molecule has 0 radical (unpaired) electrons. The van der Waals surface area contributed by atoms with Gasteiger partial charge in [-0.05, 0) is 19.4 Å². The molecule has 0 aliphatic heterocycles. The summed E-state index contributed by atoms with van der Waals surface area (Å²) >= 11 is 0. The lowest BCUT2D eigenvalue weighted by Crippen LogP contribution is -2.32. The van der Waals surface area contributed by atoms with Crippen LogP contribution in [0.1, 0.15) is 32.8 Å². The minimum Gasteiger partial charge on any atom is -0.469 e. The first-order valence-corrected chi connectivity index (χ1v) is 7.52. The number of ether oxygens (including phenoxy) is 2. The van der Waals surface area contributed by atoms with Crippen molar-refractivity contribution in [2.45, 2.75) is 46.0 Å². The molecule has 1 N–H and O–H groups in total. The molecule has 0 unspecified atom stereocenters. The Hall–Kier alpha value is -1.65. The van der Waals surface area contributed by atoms with Crippen LogP contribution in [0.15, 0.2) is 42.0 Å². The van der Waals surface area contributed by atoms with Gasteiger partial charge in [-0.25, -0.2) is 0 Å². The van der Waals surface area contributed by atoms with Crippen molar-refractivity contribution in [1.82, 2.24) is 0 Å². The number of hydrogen-bond donors (Lipinski definition) is 1. The molecule has 0 saturated heterocycles. The maximum absolute atomic E-state index is 11.1. The quantitative estimate of drug-likeness (QED) is 0.592. The zero-order valence-electron chi connectivity index (χ0n) is 13.8. The van der Waals surface area contributed by atoms with Gasteiger partial charge in [-0.1, -0.05) is 48.9 Å². The molecule has 1 aromatic carbocycles. The van der Waals surface area contributed by atoms with Crippen molar-refractivity contribution >= 4 is 5.97 Å². The van der Waals surface area contributed by atoms with Gasteiger partial charge >= 0.3 is 5.97 Å². The average molecular weight is 306 g/mol. The van der Waals surface area contributed by atoms with Crippen LogP contribution in [0.3, 0.4) is 0 Å². The van der Waals surface area contributed by atoms with Crippen molar-refractivity contribution in [3.63, 3.8) is 0 Å². The zero-order valence-corrected chi connectivity index (χ0v) is 13.8. The standard InChI is InChI=1S/C18H26O4/c1-13(10-11-17(19)21-4)14(2)18(20)15(3)22-12-16-8-6-5-7-9-16/h5-10,14-15,18,20H,11-12H2,1-4H3/b13-10+/t14-,15-,18+/m0/s1. The van der Waals surface area contributed by atoms with Gasteiger partial charge in [0.05, 0.1) is 32.3 Å². The molecule has 0 amide bonds. The van der Waals surface area contributed by atoms with Crippen LogP contribution in [0.2, 0.25) is 0 Å². The highest BCUT2D eigenvalue weighted by atomic mass is 16.5. The number of aliphatic hydroxyl groups excluding tert-OH is 1. The second-order valence-electron chi connectivity index (χ2n) is 5.51. The topological polar surface area (TPSA) is 55.8 Å². The summed E-state index contributed by atoms with van der Waals surface area (Å²) in [6.07, 6.45) is 1.09. The number of carbonyl (C=O) groups is 1. The third-order valence-corrected chi connectivity index (χ3v) is 3.89. The van der Waals surface area contributed by atoms with E-state index in [1.54, 1.807) is 6.08 Å². The van der Waals surface area contributed by atoms with Crippen LogP contribution < -0.4 is 0 Å². The Morgan fingerprint density at radius 1 is 1.27 bits per heavy atom. The van der Waals surface area contributed by atoms with Gasteiger partial charge in [-0.3, -0.25) is 4.79 Å². The minimum absolute atomic E-state index is 0.0876. The minimum atomic E-state index is -0.627. The van der Waals surface area contributed by atoms with E-state index in [0.29, 0.717) is 6.61 Å². The van der Waals surface area contributed by atoms with Gasteiger partial charge in [0, 0.05) is 5.92 Å². The first-order chi connectivity index (χ1) is 10.5. The van der Waals surface area contributed by atoms with Crippen molar-refractivity contribution in [3.05, 3.63) is 47.5 Å². The van der Waals surface area contributed by atoms with Crippen LogP contribution in [0.5, 0.6) is 0 Å². The molecule has 0 bridgehead atoms. The zero-order chi connectivity index (χ0) is 16.5. The van der Waals surface area contributed by atoms with Gasteiger partial charge in [-0.2, -0.15) is 0 Å². The number of hydrogen-bond acceptors (Lipinski definition) is 4. The van der Waals surface area contributed by atoms with Crippen LogP contribution in [-0.2, 0) is 20.9 Å². The SMILES string of the molecule is COC(=O)C/C=C(\C)[C@H](C)[C@@H](O)[C@H](C)OCc1ccccc1. The summed E-state index contributed by atoms with van der Waals surface area (Å²) in [6.45, 7) is 6.16. The van der Waals surface area contributed by atoms with E-state index in [0.717, 1.165) is 11.1 Å². The molecule has 1 aromatic rings. The van der Waals surface area contributed by atoms with Gasteiger partial charge in [0.1, 0.15) is 0 Å². The van der Waals surface area contributed by atoms with E-state index < -0.39 is 6.10 Å². The summed E-state index contributed by atoms with van der Waals surface area (Å²) in [5.74, 6) is -0.371. The molecule has 0 heterocycles. The van der Waals surface area contributed by atoms with Gasteiger partial charge in [0.2, 0.25) is 0 Å². The molecule has 0 spiro atoms. The van der Waals surface area contributed by atoms with Crippen molar-refractivity contribution in [2.75, 3.05) is 7.11 Å². The maximum atomic E-state index is 11.1. The van der Waals surface area contributed by atoms with E-state index in [9.17, 15) is 9.90 Å². The average Bonchev–Trinajstić information content (AvgIpc) is 2.56. The molecule has 0 fully saturated rings. The Balaban J connectivity index is 2.50. The Labute approximate surface area is 132 Å². The summed E-state index contributed by atoms with van der Waals surface area (Å²) in [5, 5.41) is 10.4. The molecule has 1 rings (SSSR count). The maximum Gasteiger partial charge on any atom is 0.309 e. The number of carbonyl (C=O) groups excluding carboxylic acids is 1. The third-order valence-electron chi connectivity index (χ3n) is 3.89. The molecule has 22 heavy (non-hydrogen) atoms. The Bertz CT molecular complexity index is 481. The van der Waals surface area contributed by atoms with Crippen molar-refractivity contribution < 1.29 is 19.4 Å². The molecule has 0 aliphatic carbocycles. The summed E-state index contributed by atoms with van der Waals surface area (Å²) < 4.78 is 10.3. The summed E-state index contributed by atoms with van der Waals surface area (Å²) in [4.78, 5) is 11.1. The predicted octanol–water partition coefficient (Wildman–Crippen LogP) is 3.10. The lowest BCUT2D eigenvalue weighted by molar-refractivity contribution is -0.139. The molecular formula is C18H26O4. The summed E-state index contributed by atoms with van der Waals surface area (Å²) in [5.41, 5.74) is 2.03. The normalized spacial score (nSPS) is 16.0. The second kappa shape index (κ2) is 9.38. The van der Waals surface area contributed by atoms with Crippen LogP contribution in [0.4, 0.5) is 0 Å². The monoisotopic (exact) mass is 306 g/mol. The number of esters is 1. The smallest absolute Gasteiger partial charge is 0.309 e. The van der Waals surface area contributed by atoms with Crippen molar-refractivity contribution in [2.24, 2.45) is 5.92 Å². The molecule has 122 valence electrons. The second-order valence-corrected chi connectivity index (χ2v) is 5.51. The van der Waals surface area contributed by atoms with Gasteiger partial charge in [-0.15, -0.1) is 0 Å². The highest BCUT2D eigenvalue weighted by molar-refractivity contribution is 5.71. The fraction of sp³-hybridized carbons (Fsp3) is 0.500. The van der Waals surface area contributed by atoms with Crippen LogP contribution in [0.25, 0.3) is 0 Å². The third kappa shape index (κ3) is 6.00. The lowest BCUT2D eigenvalue weighted by Gasteiger charge is -2.26. The van der Waals surface area contributed by atoms with E-state index in [2.05, 4.69) is 4.74 Å². The highest BCUT2D eigenvalue weighted by Crippen LogP contribution is 2.20. The largest absolute Gasteiger partial charge is 0.469 e. The fourth-order valence-corrected chi connectivity index (χ4v) is 2.09. The number of rotatable bonds is 8. The van der Waals surface area contributed by atoms with E-state index in [1.165, 1.54) is 7.11 Å². The highest BCUT2D eigenvalue weighted by Gasteiger charge is 2.23. The Kier molecular flexibility index (Phi) is 7.85. The molecule has 4 nitrogen and oxygen atoms in total. The van der Waals surface area contributed by atoms with Gasteiger partial charge in [0.15, 0.2) is 0 Å². The van der Waals surface area contributed by atoms with Crippen molar-refractivity contribution in [3.8, 4) is 0 Å². The molecule has 4 heteroatoms. The molecular weight excluding hydrogens is 280 g/mol. The predicted molar refractivity (Wildman–Crippen MR) is 86.3 cm³/mol. The lowest BCUT2D eigenvalue weighted by atomic mass is 9.92. The fourth-order valence-electron chi connectivity index (χ4n) is 2.09. The van der Waals surface area contributed by atoms with Crippen molar-refractivity contribution in [1.29, 1.82) is 0 Å². The van der Waals surface area contributed by atoms with Crippen LogP contribution in [0, 0.1) is 5.92 Å². The Morgan fingerprint density at radius 3 is 2.50 bits per heavy atom. The number of aliphatic hydroxyl groups is 1. The first kappa shape index (κ1) is 18.4. The first-order valence-electron chi connectivity index (χ1n) is 7.52. The molecule has 0 aliphatic rings. The number of benzene rings is 1. The number of methoxy groups -OCH3 is 1. The molecule has 0 saturated carbocycles. The van der Waals surface area contributed by atoms with Crippen LogP contribution in [-0.4, -0.2) is 30.4 Å². The molecule has 0 aromatic heterocycles. The van der Waals surface area contributed by atoms with Gasteiger partial charge in [0.25, 0.3) is 0 Å². The Morgan fingerprint density at radius 2 is 1.91 bits per heavy atom. The summed E-state index contributed by atoms with van der Waals surface area (Å²) in [6, 6.07) is 9.86. The van der Waals surface area contributed by atoms with E-state index in [4.69, 9.17) is 4.74 Å². The van der Waals surface area contributed by atoms with E-state index in [-0.39, 0.29) is 24.4 Å². The molecule has 3 atom stereocenters. The summed E-state index contributed by atoms with van der Waals surface area (Å²) in [7, 11) is 1.36.